The van der Waals surface area contributed by atoms with E-state index in [1.807, 2.05) is 34.6 Å². The van der Waals surface area contributed by atoms with Crippen molar-refractivity contribution in [1.29, 1.82) is 0 Å². The smallest absolute Gasteiger partial charge is 0.339 e. The van der Waals surface area contributed by atoms with E-state index in [0.717, 1.165) is 44.1 Å². The van der Waals surface area contributed by atoms with Gasteiger partial charge in [0.15, 0.2) is 0 Å². The maximum Gasteiger partial charge on any atom is 0.339 e. The summed E-state index contributed by atoms with van der Waals surface area (Å²) in [5.74, 6) is 0. The van der Waals surface area contributed by atoms with E-state index in [2.05, 4.69) is 90.7 Å². The molecule has 0 fully saturated rings. The Bertz CT molecular complexity index is 1610. The largest absolute Gasteiger partial charge is 0.422 e. The van der Waals surface area contributed by atoms with Gasteiger partial charge in [0.1, 0.15) is 5.58 Å². The Balaban J connectivity index is 0.000000237. The highest BCUT2D eigenvalue weighted by molar-refractivity contribution is 15.0. The first-order valence-corrected chi connectivity index (χ1v) is 18.2. The summed E-state index contributed by atoms with van der Waals surface area (Å²) in [4.78, 5) is 26.8. The van der Waals surface area contributed by atoms with Crippen molar-refractivity contribution in [2.24, 2.45) is 0 Å². The molecular weight excluding hydrogens is 676 g/mol. The quantitative estimate of drug-likeness (QED) is 0.147. The van der Waals surface area contributed by atoms with Crippen LogP contribution in [0.3, 0.4) is 0 Å². The van der Waals surface area contributed by atoms with Gasteiger partial charge in [0, 0.05) is 53.9 Å². The molecule has 2 heterocycles. The van der Waals surface area contributed by atoms with Crippen molar-refractivity contribution in [3.05, 3.63) is 87.7 Å². The fraction of sp³-hybridized carbons (Fsp3) is 0.400. The van der Waals surface area contributed by atoms with E-state index in [1.165, 1.54) is 38.9 Å². The number of aromatic nitrogens is 1. The molecule has 2 aromatic heterocycles. The zero-order valence-electron chi connectivity index (χ0n) is 23.5. The fourth-order valence-electron chi connectivity index (χ4n) is 4.95. The number of benzene rings is 2. The van der Waals surface area contributed by atoms with Crippen LogP contribution in [0, 0.1) is 83.1 Å². The predicted octanol–water partition coefficient (Wildman–Crippen LogP) is 8.79. The molecule has 0 amide bonds. The Morgan fingerprint density at radius 3 is 1.36 bits per heavy atom. The van der Waals surface area contributed by atoms with Crippen molar-refractivity contribution in [3.8, 4) is 0 Å². The van der Waals surface area contributed by atoms with E-state index >= 15 is 0 Å². The van der Waals surface area contributed by atoms with Crippen molar-refractivity contribution < 1.29 is 4.42 Å². The lowest BCUT2D eigenvalue weighted by molar-refractivity contribution is 0.550. The highest BCUT2D eigenvalue weighted by Gasteiger charge is 2.16. The van der Waals surface area contributed by atoms with Gasteiger partial charge in [-0.25, -0.2) is 4.79 Å². The molecule has 0 saturated heterocycles. The van der Waals surface area contributed by atoms with Crippen LogP contribution in [-0.4, -0.2) is 4.98 Å². The molecule has 4 rings (SSSR count). The number of nitrogens with one attached hydrogen (secondary N) is 1. The molecule has 6 heteroatoms. The van der Waals surface area contributed by atoms with Gasteiger partial charge < -0.3 is 9.40 Å². The van der Waals surface area contributed by atoms with Crippen LogP contribution in [0.1, 0.15) is 66.9 Å². The number of aromatic amines is 1. The molecule has 0 aliphatic heterocycles. The summed E-state index contributed by atoms with van der Waals surface area (Å²) in [6.45, 7) is 24.5. The van der Waals surface area contributed by atoms with Crippen molar-refractivity contribution in [2.45, 2.75) is 83.1 Å². The molecular formula is C30H37I2NO3. The Hall–Kier alpha value is -1.68. The molecule has 0 aliphatic carbocycles. The van der Waals surface area contributed by atoms with Crippen LogP contribution in [0.15, 0.2) is 14.0 Å². The lowest BCUT2D eigenvalue weighted by Crippen LogP contribution is -2.13. The number of pyridine rings is 1. The van der Waals surface area contributed by atoms with Crippen LogP contribution >= 0.6 is 37.2 Å². The number of halogens is 2. The van der Waals surface area contributed by atoms with Crippen LogP contribution in [0.25, 0.3) is 21.7 Å². The zero-order chi connectivity index (χ0) is 27.8. The van der Waals surface area contributed by atoms with Crippen LogP contribution < -0.4 is 11.2 Å². The molecule has 0 bridgehead atoms. The minimum absolute atomic E-state index is 0.0341. The molecule has 4 nitrogen and oxygen atoms in total. The third kappa shape index (κ3) is 5.17. The first-order valence-electron chi connectivity index (χ1n) is 12.0. The van der Waals surface area contributed by atoms with E-state index in [1.54, 1.807) is 0 Å². The van der Waals surface area contributed by atoms with E-state index in [4.69, 9.17) is 4.42 Å². The maximum absolute atomic E-state index is 12.1. The number of aryl methyl sites for hydroxylation is 7. The highest BCUT2D eigenvalue weighted by Crippen LogP contribution is 2.31. The number of H-pyrrole nitrogens is 1. The standard InChI is InChI=1S/C15H19NO.C15H18O2.I2/c1-7-8(2)10(4)14-13(9(7)3)11(5)12(6)16-15(14)17;1-7-8(2)11(5)14-13(9(7)3)10(4)12(6)15(16)17-14;1-2/h1-6H3,(H,16,17);1-6H3;. The molecule has 1 N–H and O–H groups in total. The van der Waals surface area contributed by atoms with Crippen molar-refractivity contribution in [1.82, 2.24) is 4.98 Å². The minimum atomic E-state index is -0.222. The topological polar surface area (TPSA) is 63.1 Å². The molecule has 2 aromatic carbocycles. The van der Waals surface area contributed by atoms with Gasteiger partial charge in [-0.2, -0.15) is 0 Å². The second kappa shape index (κ2) is 11.8. The Kier molecular flexibility index (Phi) is 10.0. The van der Waals surface area contributed by atoms with E-state index < -0.39 is 0 Å². The molecule has 4 aromatic rings. The Labute approximate surface area is 237 Å². The average molecular weight is 713 g/mol. The second-order valence-electron chi connectivity index (χ2n) is 9.80. The van der Waals surface area contributed by atoms with Crippen LogP contribution in [-0.2, 0) is 0 Å². The summed E-state index contributed by atoms with van der Waals surface area (Å²) in [7, 11) is 0. The monoisotopic (exact) mass is 713 g/mol. The molecule has 0 aliphatic rings. The summed E-state index contributed by atoms with van der Waals surface area (Å²) < 4.78 is 5.47. The van der Waals surface area contributed by atoms with E-state index in [0.29, 0.717) is 5.56 Å². The molecule has 0 radical (unpaired) electrons. The molecule has 0 spiro atoms. The van der Waals surface area contributed by atoms with Gasteiger partial charge in [0.2, 0.25) is 0 Å². The third-order valence-corrected chi connectivity index (χ3v) is 8.22. The van der Waals surface area contributed by atoms with E-state index in [-0.39, 0.29) is 11.2 Å². The summed E-state index contributed by atoms with van der Waals surface area (Å²) in [6, 6.07) is 0. The van der Waals surface area contributed by atoms with Gasteiger partial charge in [-0.3, -0.25) is 4.79 Å². The van der Waals surface area contributed by atoms with Gasteiger partial charge in [-0.05, 0) is 144 Å². The summed E-state index contributed by atoms with van der Waals surface area (Å²) in [5.41, 5.74) is 14.1. The SMILES string of the molecule is Cc1[nH]c(=O)c2c(C)c(C)c(C)c(C)c2c1C.Cc1c(C)c(C)c2c(C)c(C)c(=O)oc2c1C.II. The first-order chi connectivity index (χ1) is 16.7. The first kappa shape index (κ1) is 30.5. The Morgan fingerprint density at radius 2 is 0.861 bits per heavy atom. The number of fused-ring (bicyclic) bond motifs is 2. The van der Waals surface area contributed by atoms with Crippen molar-refractivity contribution >= 4 is 59.0 Å². The third-order valence-electron chi connectivity index (χ3n) is 8.22. The fourth-order valence-corrected chi connectivity index (χ4v) is 4.95. The lowest BCUT2D eigenvalue weighted by Gasteiger charge is -2.16. The predicted molar refractivity (Wildman–Crippen MR) is 172 cm³/mol. The highest BCUT2D eigenvalue weighted by atomic mass is 128. The van der Waals surface area contributed by atoms with Gasteiger partial charge in [-0.15, -0.1) is 0 Å². The molecule has 0 atom stereocenters. The number of hydrogen-bond acceptors (Lipinski definition) is 3. The molecule has 194 valence electrons. The molecule has 0 unspecified atom stereocenters. The minimum Gasteiger partial charge on any atom is -0.422 e. The van der Waals surface area contributed by atoms with Crippen LogP contribution in [0.5, 0.6) is 0 Å². The summed E-state index contributed by atoms with van der Waals surface area (Å²) in [5, 5.41) is 3.09. The second-order valence-corrected chi connectivity index (χ2v) is 9.80. The van der Waals surface area contributed by atoms with Crippen LogP contribution in [0.4, 0.5) is 0 Å². The molecule has 36 heavy (non-hydrogen) atoms. The van der Waals surface area contributed by atoms with Crippen molar-refractivity contribution in [3.63, 3.8) is 0 Å². The summed E-state index contributed by atoms with van der Waals surface area (Å²) in [6.07, 6.45) is 0. The maximum atomic E-state index is 12.1. The normalized spacial score (nSPS) is 10.7. The number of hydrogen-bond donors (Lipinski definition) is 1. The van der Waals surface area contributed by atoms with Gasteiger partial charge in [-0.1, -0.05) is 0 Å². The van der Waals surface area contributed by atoms with E-state index in [9.17, 15) is 9.59 Å². The number of rotatable bonds is 0. The summed E-state index contributed by atoms with van der Waals surface area (Å²) >= 11 is 4.24. The molecule has 0 saturated carbocycles. The van der Waals surface area contributed by atoms with Crippen molar-refractivity contribution in [2.75, 3.05) is 0 Å². The van der Waals surface area contributed by atoms with Crippen LogP contribution in [0.2, 0.25) is 0 Å². The van der Waals surface area contributed by atoms with Gasteiger partial charge in [0.05, 0.1) is 5.39 Å². The lowest BCUT2D eigenvalue weighted by atomic mass is 9.90. The van der Waals surface area contributed by atoms with Gasteiger partial charge >= 0.3 is 5.63 Å². The van der Waals surface area contributed by atoms with Gasteiger partial charge in [0.25, 0.3) is 5.56 Å². The zero-order valence-corrected chi connectivity index (χ0v) is 27.8. The average Bonchev–Trinajstić information content (AvgIpc) is 2.85. The Morgan fingerprint density at radius 1 is 0.472 bits per heavy atom.